The average molecular weight is 466 g/mol. The van der Waals surface area contributed by atoms with Gasteiger partial charge in [0.15, 0.2) is 5.96 Å². The molecule has 2 rings (SSSR count). The van der Waals surface area contributed by atoms with E-state index in [1.165, 1.54) is 4.90 Å². The van der Waals surface area contributed by atoms with Gasteiger partial charge in [-0.3, -0.25) is 9.89 Å². The van der Waals surface area contributed by atoms with Crippen LogP contribution in [0.4, 0.5) is 13.2 Å². The molecule has 0 bridgehead atoms. The molecule has 4 nitrogen and oxygen atoms in total. The van der Waals surface area contributed by atoms with Crippen LogP contribution in [0.25, 0.3) is 0 Å². The van der Waals surface area contributed by atoms with E-state index in [1.807, 2.05) is 11.8 Å². The predicted octanol–water partition coefficient (Wildman–Crippen LogP) is 2.64. The summed E-state index contributed by atoms with van der Waals surface area (Å²) in [6.45, 7) is 4.19. The van der Waals surface area contributed by atoms with Gasteiger partial charge >= 0.3 is 6.18 Å². The van der Waals surface area contributed by atoms with Crippen molar-refractivity contribution in [1.29, 1.82) is 0 Å². The van der Waals surface area contributed by atoms with E-state index in [0.29, 0.717) is 18.3 Å². The van der Waals surface area contributed by atoms with Crippen LogP contribution in [0.3, 0.4) is 0 Å². The van der Waals surface area contributed by atoms with Gasteiger partial charge in [-0.15, -0.1) is 24.0 Å². The van der Waals surface area contributed by atoms with Crippen LogP contribution in [0, 0.1) is 0 Å². The van der Waals surface area contributed by atoms with E-state index in [1.54, 1.807) is 7.05 Å². The Morgan fingerprint density at radius 2 is 2.04 bits per heavy atom. The molecule has 0 aromatic heterocycles. The number of nitrogens with one attached hydrogen (secondary N) is 1. The van der Waals surface area contributed by atoms with E-state index < -0.39 is 12.7 Å². The molecule has 2 heterocycles. The van der Waals surface area contributed by atoms with Crippen molar-refractivity contribution in [2.45, 2.75) is 37.2 Å². The van der Waals surface area contributed by atoms with E-state index in [9.17, 15) is 13.2 Å². The lowest BCUT2D eigenvalue weighted by Gasteiger charge is -2.35. The van der Waals surface area contributed by atoms with Gasteiger partial charge in [0.1, 0.15) is 0 Å². The van der Waals surface area contributed by atoms with Crippen LogP contribution in [0.1, 0.15) is 19.8 Å². The molecule has 2 aliphatic rings. The smallest absolute Gasteiger partial charge is 0.352 e. The zero-order valence-electron chi connectivity index (χ0n) is 13.6. The summed E-state index contributed by atoms with van der Waals surface area (Å²) in [5, 5.41) is 3.96. The minimum absolute atomic E-state index is 0. The molecule has 2 atom stereocenters. The standard InChI is InChI=1S/C14H25F3N4S.HI/c1-3-12-9-21(6-7-22-12)13(18-2)19-11-4-5-20(8-11)10-14(15,16)17;/h11-12H,3-10H2,1-2H3,(H,18,19);1H. The summed E-state index contributed by atoms with van der Waals surface area (Å²) in [7, 11) is 1.74. The SMILES string of the molecule is CCC1CN(C(=NC)NC2CCN(CC(F)(F)F)C2)CCS1.I. The van der Waals surface area contributed by atoms with Gasteiger partial charge in [-0.25, -0.2) is 0 Å². The first-order valence-electron chi connectivity index (χ1n) is 7.80. The summed E-state index contributed by atoms with van der Waals surface area (Å²) in [6, 6.07) is 0.0516. The Balaban J connectivity index is 0.00000264. The van der Waals surface area contributed by atoms with E-state index >= 15 is 0 Å². The molecule has 0 aliphatic carbocycles. The molecular weight excluding hydrogens is 440 g/mol. The second kappa shape index (κ2) is 9.55. The molecule has 2 fully saturated rings. The fourth-order valence-corrected chi connectivity index (χ4v) is 4.17. The lowest BCUT2D eigenvalue weighted by atomic mass is 10.2. The second-order valence-corrected chi connectivity index (χ2v) is 7.28. The van der Waals surface area contributed by atoms with Gasteiger partial charge in [-0.05, 0) is 12.8 Å². The molecule has 0 spiro atoms. The van der Waals surface area contributed by atoms with Gasteiger partial charge in [0.05, 0.1) is 6.54 Å². The Labute approximate surface area is 157 Å². The molecule has 2 aliphatic heterocycles. The highest BCUT2D eigenvalue weighted by atomic mass is 127. The van der Waals surface area contributed by atoms with E-state index in [0.717, 1.165) is 37.6 Å². The summed E-state index contributed by atoms with van der Waals surface area (Å²) in [4.78, 5) is 8.02. The molecule has 0 aromatic rings. The summed E-state index contributed by atoms with van der Waals surface area (Å²) >= 11 is 1.99. The molecule has 23 heavy (non-hydrogen) atoms. The fraction of sp³-hybridized carbons (Fsp3) is 0.929. The van der Waals surface area contributed by atoms with Crippen molar-refractivity contribution in [2.75, 3.05) is 45.5 Å². The quantitative estimate of drug-likeness (QED) is 0.394. The van der Waals surface area contributed by atoms with E-state index in [2.05, 4.69) is 22.1 Å². The summed E-state index contributed by atoms with van der Waals surface area (Å²) < 4.78 is 37.3. The Morgan fingerprint density at radius 1 is 1.30 bits per heavy atom. The number of aliphatic imine (C=N–C) groups is 1. The third-order valence-corrected chi connectivity index (χ3v) is 5.49. The highest BCUT2D eigenvalue weighted by Gasteiger charge is 2.35. The largest absolute Gasteiger partial charge is 0.401 e. The molecule has 1 N–H and O–H groups in total. The zero-order chi connectivity index (χ0) is 16.2. The third kappa shape index (κ3) is 6.85. The minimum Gasteiger partial charge on any atom is -0.352 e. The van der Waals surface area contributed by atoms with Crippen LogP contribution in [0.5, 0.6) is 0 Å². The van der Waals surface area contributed by atoms with Crippen LogP contribution in [0.2, 0.25) is 0 Å². The van der Waals surface area contributed by atoms with Crippen molar-refractivity contribution in [3.63, 3.8) is 0 Å². The van der Waals surface area contributed by atoms with Crippen molar-refractivity contribution < 1.29 is 13.2 Å². The van der Waals surface area contributed by atoms with Crippen LogP contribution in [-0.2, 0) is 0 Å². The molecule has 2 unspecified atom stereocenters. The molecule has 2 saturated heterocycles. The first-order chi connectivity index (χ1) is 10.4. The number of rotatable bonds is 3. The Bertz CT molecular complexity index is 395. The number of likely N-dealkylation sites (tertiary alicyclic amines) is 1. The molecular formula is C14H26F3IN4S. The van der Waals surface area contributed by atoms with Gasteiger partial charge < -0.3 is 10.2 Å². The first-order valence-corrected chi connectivity index (χ1v) is 8.85. The number of thioether (sulfide) groups is 1. The van der Waals surface area contributed by atoms with E-state index in [-0.39, 0.29) is 30.0 Å². The van der Waals surface area contributed by atoms with Gasteiger partial charge in [0.2, 0.25) is 0 Å². The maximum atomic E-state index is 12.4. The lowest BCUT2D eigenvalue weighted by Crippen LogP contribution is -2.51. The highest BCUT2D eigenvalue weighted by molar-refractivity contribution is 14.0. The van der Waals surface area contributed by atoms with Crippen molar-refractivity contribution in [3.8, 4) is 0 Å². The number of hydrogen-bond acceptors (Lipinski definition) is 3. The van der Waals surface area contributed by atoms with Crippen molar-refractivity contribution in [1.82, 2.24) is 15.1 Å². The van der Waals surface area contributed by atoms with Crippen LogP contribution >= 0.6 is 35.7 Å². The third-order valence-electron chi connectivity index (χ3n) is 4.11. The topological polar surface area (TPSA) is 30.9 Å². The normalized spacial score (nSPS) is 27.0. The summed E-state index contributed by atoms with van der Waals surface area (Å²) in [5.74, 6) is 1.90. The molecule has 0 radical (unpaired) electrons. The first kappa shape index (κ1) is 21.1. The van der Waals surface area contributed by atoms with Crippen LogP contribution in [-0.4, -0.2) is 78.8 Å². The molecule has 0 saturated carbocycles. The fourth-order valence-electron chi connectivity index (χ4n) is 2.99. The number of alkyl halides is 3. The molecule has 9 heteroatoms. The Kier molecular flexibility index (Phi) is 8.78. The number of hydrogen-bond donors (Lipinski definition) is 1. The highest BCUT2D eigenvalue weighted by Crippen LogP contribution is 2.22. The number of nitrogens with zero attached hydrogens (tertiary/aromatic N) is 3. The minimum atomic E-state index is -4.12. The monoisotopic (exact) mass is 466 g/mol. The van der Waals surface area contributed by atoms with Crippen molar-refractivity contribution >= 4 is 41.7 Å². The summed E-state index contributed by atoms with van der Waals surface area (Å²) in [5.41, 5.74) is 0. The van der Waals surface area contributed by atoms with Gasteiger partial charge in [-0.2, -0.15) is 24.9 Å². The van der Waals surface area contributed by atoms with Gasteiger partial charge in [-0.1, -0.05) is 6.92 Å². The Hall–Kier alpha value is 0.1000. The average Bonchev–Trinajstić information content (AvgIpc) is 2.89. The maximum absolute atomic E-state index is 12.4. The number of guanidine groups is 1. The van der Waals surface area contributed by atoms with Gasteiger partial charge in [0.25, 0.3) is 0 Å². The van der Waals surface area contributed by atoms with Crippen molar-refractivity contribution in [3.05, 3.63) is 0 Å². The summed E-state index contributed by atoms with van der Waals surface area (Å²) in [6.07, 6.45) is -2.26. The van der Waals surface area contributed by atoms with Gasteiger partial charge in [0, 0.05) is 50.3 Å². The molecule has 0 aromatic carbocycles. The Morgan fingerprint density at radius 3 is 2.65 bits per heavy atom. The maximum Gasteiger partial charge on any atom is 0.401 e. The molecule has 136 valence electrons. The lowest BCUT2D eigenvalue weighted by molar-refractivity contribution is -0.143. The van der Waals surface area contributed by atoms with Crippen molar-refractivity contribution in [2.24, 2.45) is 4.99 Å². The second-order valence-electron chi connectivity index (χ2n) is 5.87. The number of halogens is 4. The predicted molar refractivity (Wildman–Crippen MR) is 101 cm³/mol. The van der Waals surface area contributed by atoms with E-state index in [4.69, 9.17) is 0 Å². The van der Waals surface area contributed by atoms with Crippen LogP contribution < -0.4 is 5.32 Å². The zero-order valence-corrected chi connectivity index (χ0v) is 16.8. The molecule has 0 amide bonds. The van der Waals surface area contributed by atoms with Crippen LogP contribution in [0.15, 0.2) is 4.99 Å².